The van der Waals surface area contributed by atoms with Gasteiger partial charge in [-0.1, -0.05) is 24.3 Å². The first kappa shape index (κ1) is 13.3. The Labute approximate surface area is 111 Å². The minimum Gasteiger partial charge on any atom is -0.386 e. The maximum atomic E-state index is 10.9. The van der Waals surface area contributed by atoms with Gasteiger partial charge in [0.25, 0.3) is 5.91 Å². The predicted octanol–water partition coefficient (Wildman–Crippen LogP) is 1.06. The summed E-state index contributed by atoms with van der Waals surface area (Å²) in [5.41, 5.74) is 6.17. The highest BCUT2D eigenvalue weighted by Crippen LogP contribution is 2.20. The molecule has 99 valence electrons. The molecule has 1 heterocycles. The monoisotopic (exact) mass is 258 g/mol. The molecule has 0 bridgehead atoms. The molecule has 1 aromatic carbocycles. The van der Waals surface area contributed by atoms with Crippen LogP contribution in [-0.2, 0) is 12.1 Å². The van der Waals surface area contributed by atoms with Gasteiger partial charge in [0, 0.05) is 12.3 Å². The van der Waals surface area contributed by atoms with Crippen LogP contribution < -0.4 is 5.73 Å². The quantitative estimate of drug-likeness (QED) is 0.860. The third kappa shape index (κ3) is 3.20. The predicted molar refractivity (Wildman–Crippen MR) is 70.4 cm³/mol. The van der Waals surface area contributed by atoms with Crippen LogP contribution in [0.3, 0.4) is 0 Å². The molecule has 0 aliphatic heterocycles. The van der Waals surface area contributed by atoms with Gasteiger partial charge >= 0.3 is 0 Å². The van der Waals surface area contributed by atoms with E-state index in [4.69, 9.17) is 5.73 Å². The minimum atomic E-state index is -0.884. The highest BCUT2D eigenvalue weighted by atomic mass is 16.3. The van der Waals surface area contributed by atoms with Crippen molar-refractivity contribution >= 4 is 5.91 Å². The Hall–Kier alpha value is -2.14. The fraction of sp³-hybridized carbons (Fsp3) is 0.286. The number of hydrogen-bond acceptors (Lipinski definition) is 3. The lowest BCUT2D eigenvalue weighted by molar-refractivity contribution is 0.0785. The molecule has 0 fully saturated rings. The molecule has 19 heavy (non-hydrogen) atoms. The Bertz CT molecular complexity index is 597. The molecule has 1 radical (unpaired) electrons. The van der Waals surface area contributed by atoms with E-state index in [1.807, 2.05) is 24.3 Å². The van der Waals surface area contributed by atoms with E-state index in [9.17, 15) is 9.90 Å². The smallest absolute Gasteiger partial charge is 0.269 e. The van der Waals surface area contributed by atoms with Crippen LogP contribution in [0.1, 0.15) is 35.5 Å². The van der Waals surface area contributed by atoms with Gasteiger partial charge in [-0.3, -0.25) is 9.48 Å². The topological polar surface area (TPSA) is 81.1 Å². The second-order valence-corrected chi connectivity index (χ2v) is 4.94. The van der Waals surface area contributed by atoms with Crippen LogP contribution in [0.4, 0.5) is 0 Å². The average Bonchev–Trinajstić information content (AvgIpc) is 2.77. The number of rotatable bonds is 4. The van der Waals surface area contributed by atoms with Crippen LogP contribution in [0, 0.1) is 6.07 Å². The van der Waals surface area contributed by atoms with E-state index in [1.54, 1.807) is 24.7 Å². The van der Waals surface area contributed by atoms with Gasteiger partial charge in [-0.25, -0.2) is 0 Å². The number of benzene rings is 1. The van der Waals surface area contributed by atoms with Crippen molar-refractivity contribution in [1.82, 2.24) is 9.78 Å². The Kier molecular flexibility index (Phi) is 3.40. The maximum absolute atomic E-state index is 10.9. The molecule has 1 aromatic heterocycles. The van der Waals surface area contributed by atoms with Crippen LogP contribution in [0.25, 0.3) is 0 Å². The molecular weight excluding hydrogens is 242 g/mol. The molecule has 0 unspecified atom stereocenters. The van der Waals surface area contributed by atoms with E-state index in [0.717, 1.165) is 11.1 Å². The molecule has 0 saturated carbocycles. The van der Waals surface area contributed by atoms with Crippen molar-refractivity contribution in [3.8, 4) is 0 Å². The molecule has 5 heteroatoms. The number of primary amides is 1. The molecule has 3 N–H and O–H groups in total. The second-order valence-electron chi connectivity index (χ2n) is 4.94. The first-order valence-electron chi connectivity index (χ1n) is 5.93. The number of carbonyl (C=O) groups excluding carboxylic acids is 1. The van der Waals surface area contributed by atoms with Gasteiger partial charge in [-0.2, -0.15) is 5.10 Å². The van der Waals surface area contributed by atoms with E-state index in [2.05, 4.69) is 11.2 Å². The molecular formula is C14H16N3O2. The zero-order valence-corrected chi connectivity index (χ0v) is 10.9. The first-order valence-corrected chi connectivity index (χ1v) is 5.93. The van der Waals surface area contributed by atoms with Gasteiger partial charge in [0.05, 0.1) is 12.1 Å². The van der Waals surface area contributed by atoms with Crippen molar-refractivity contribution in [1.29, 1.82) is 0 Å². The van der Waals surface area contributed by atoms with Gasteiger partial charge in [-0.15, -0.1) is 0 Å². The molecule has 2 aromatic rings. The van der Waals surface area contributed by atoms with E-state index < -0.39 is 11.5 Å². The molecule has 0 atom stereocenters. The first-order chi connectivity index (χ1) is 8.86. The Morgan fingerprint density at radius 1 is 1.53 bits per heavy atom. The summed E-state index contributed by atoms with van der Waals surface area (Å²) in [7, 11) is 0. The molecule has 0 aliphatic carbocycles. The SMILES string of the molecule is CC(C)(O)c1cccc(Cn2c[c]c(C(N)=O)n2)c1. The van der Waals surface area contributed by atoms with E-state index in [-0.39, 0.29) is 5.69 Å². The van der Waals surface area contributed by atoms with Crippen LogP contribution in [0.2, 0.25) is 0 Å². The zero-order valence-electron chi connectivity index (χ0n) is 10.9. The van der Waals surface area contributed by atoms with Gasteiger partial charge in [0.2, 0.25) is 0 Å². The van der Waals surface area contributed by atoms with E-state index >= 15 is 0 Å². The molecule has 0 spiro atoms. The summed E-state index contributed by atoms with van der Waals surface area (Å²) in [6, 6.07) is 10.3. The number of nitrogens with zero attached hydrogens (tertiary/aromatic N) is 2. The van der Waals surface area contributed by atoms with Gasteiger partial charge in [0.15, 0.2) is 5.69 Å². The zero-order chi connectivity index (χ0) is 14.0. The Balaban J connectivity index is 2.21. The standard InChI is InChI=1S/C14H16N3O2/c1-14(2,19)11-5-3-4-10(8-11)9-17-7-6-12(16-17)13(15)18/h3-5,7-8,19H,9H2,1-2H3,(H2,15,18). The van der Waals surface area contributed by atoms with Crippen LogP contribution in [0.15, 0.2) is 30.5 Å². The lowest BCUT2D eigenvalue weighted by Crippen LogP contribution is -2.16. The summed E-state index contributed by atoms with van der Waals surface area (Å²) < 4.78 is 1.59. The van der Waals surface area contributed by atoms with Crippen molar-refractivity contribution in [2.24, 2.45) is 5.73 Å². The van der Waals surface area contributed by atoms with Crippen molar-refractivity contribution in [3.63, 3.8) is 0 Å². The summed E-state index contributed by atoms with van der Waals surface area (Å²) >= 11 is 0. The fourth-order valence-electron chi connectivity index (χ4n) is 1.76. The summed E-state index contributed by atoms with van der Waals surface area (Å²) in [5.74, 6) is -0.594. The lowest BCUT2D eigenvalue weighted by Gasteiger charge is -2.18. The van der Waals surface area contributed by atoms with Gasteiger partial charge in [0.1, 0.15) is 0 Å². The summed E-state index contributed by atoms with van der Waals surface area (Å²) in [5, 5.41) is 14.0. The third-order valence-corrected chi connectivity index (χ3v) is 2.79. The number of carbonyl (C=O) groups is 1. The van der Waals surface area contributed by atoms with Crippen molar-refractivity contribution in [3.05, 3.63) is 53.3 Å². The summed E-state index contributed by atoms with van der Waals surface area (Å²) in [6.45, 7) is 3.96. The molecule has 0 aliphatic rings. The van der Waals surface area contributed by atoms with Gasteiger partial charge in [-0.05, 0) is 25.0 Å². The molecule has 0 saturated heterocycles. The van der Waals surface area contributed by atoms with Crippen molar-refractivity contribution < 1.29 is 9.90 Å². The maximum Gasteiger partial charge on any atom is 0.269 e. The summed E-state index contributed by atoms with van der Waals surface area (Å²) in [6.07, 6.45) is 1.58. The Morgan fingerprint density at radius 3 is 2.84 bits per heavy atom. The Morgan fingerprint density at radius 2 is 2.26 bits per heavy atom. The van der Waals surface area contributed by atoms with E-state index in [0.29, 0.717) is 6.54 Å². The van der Waals surface area contributed by atoms with Crippen molar-refractivity contribution in [2.75, 3.05) is 0 Å². The van der Waals surface area contributed by atoms with Crippen LogP contribution in [-0.4, -0.2) is 20.8 Å². The average molecular weight is 258 g/mol. The third-order valence-electron chi connectivity index (χ3n) is 2.79. The van der Waals surface area contributed by atoms with Gasteiger partial charge < -0.3 is 10.8 Å². The molecule has 2 rings (SSSR count). The largest absolute Gasteiger partial charge is 0.386 e. The number of amides is 1. The molecule has 5 nitrogen and oxygen atoms in total. The minimum absolute atomic E-state index is 0.124. The number of nitrogens with two attached hydrogens (primary N) is 1. The number of aliphatic hydroxyl groups is 1. The number of aromatic nitrogens is 2. The highest BCUT2D eigenvalue weighted by Gasteiger charge is 2.16. The lowest BCUT2D eigenvalue weighted by atomic mass is 9.97. The van der Waals surface area contributed by atoms with Crippen LogP contribution >= 0.6 is 0 Å². The molecule has 1 amide bonds. The fourth-order valence-corrected chi connectivity index (χ4v) is 1.76. The normalized spacial score (nSPS) is 11.5. The van der Waals surface area contributed by atoms with Crippen molar-refractivity contribution in [2.45, 2.75) is 26.0 Å². The number of hydrogen-bond donors (Lipinski definition) is 2. The second kappa shape index (κ2) is 4.85. The highest BCUT2D eigenvalue weighted by molar-refractivity contribution is 5.90. The van der Waals surface area contributed by atoms with Crippen LogP contribution in [0.5, 0.6) is 0 Å². The summed E-state index contributed by atoms with van der Waals surface area (Å²) in [4.78, 5) is 10.9. The van der Waals surface area contributed by atoms with E-state index in [1.165, 1.54) is 0 Å².